The van der Waals surface area contributed by atoms with Crippen LogP contribution < -0.4 is 5.73 Å². The molecule has 2 aromatic carbocycles. The Bertz CT molecular complexity index is 946. The van der Waals surface area contributed by atoms with Crippen LogP contribution in [-0.2, 0) is 6.18 Å². The highest BCUT2D eigenvalue weighted by molar-refractivity contribution is 5.71. The van der Waals surface area contributed by atoms with Gasteiger partial charge in [-0.2, -0.15) is 23.5 Å². The lowest BCUT2D eigenvalue weighted by molar-refractivity contribution is -0.141. The van der Waals surface area contributed by atoms with E-state index >= 15 is 0 Å². The van der Waals surface area contributed by atoms with Crippen molar-refractivity contribution in [1.82, 2.24) is 9.78 Å². The van der Waals surface area contributed by atoms with Gasteiger partial charge in [0, 0.05) is 11.3 Å². The number of halogens is 3. The minimum Gasteiger partial charge on any atom is -0.399 e. The molecule has 0 fully saturated rings. The number of alkyl halides is 3. The van der Waals surface area contributed by atoms with E-state index in [1.165, 1.54) is 0 Å². The maximum Gasteiger partial charge on any atom is 0.436 e. The smallest absolute Gasteiger partial charge is 0.399 e. The molecule has 126 valence electrons. The molecule has 3 rings (SSSR count). The van der Waals surface area contributed by atoms with Crippen molar-refractivity contribution in [2.75, 3.05) is 5.73 Å². The van der Waals surface area contributed by atoms with Gasteiger partial charge in [0.05, 0.1) is 11.4 Å². The second-order valence-corrected chi connectivity index (χ2v) is 5.55. The predicted molar refractivity (Wildman–Crippen MR) is 87.9 cm³/mol. The van der Waals surface area contributed by atoms with Crippen LogP contribution in [0, 0.1) is 18.3 Å². The summed E-state index contributed by atoms with van der Waals surface area (Å²) in [6, 6.07) is 14.8. The van der Waals surface area contributed by atoms with E-state index < -0.39 is 17.4 Å². The minimum absolute atomic E-state index is 0.0968. The molecule has 0 aliphatic rings. The van der Waals surface area contributed by atoms with Crippen molar-refractivity contribution in [3.05, 3.63) is 65.4 Å². The van der Waals surface area contributed by atoms with E-state index in [0.717, 1.165) is 10.2 Å². The Labute approximate surface area is 141 Å². The van der Waals surface area contributed by atoms with Gasteiger partial charge >= 0.3 is 6.18 Å². The molecule has 0 aliphatic carbocycles. The molecule has 0 atom stereocenters. The standard InChI is InChI=1S/C18H13F3N4/c1-11-2-4-12(5-3-11)16-15(10-22)17(18(19,20)21)24-25(16)14-8-6-13(23)7-9-14/h2-9H,23H2,1H3. The predicted octanol–water partition coefficient (Wildman–Crippen LogP) is 4.32. The van der Waals surface area contributed by atoms with E-state index in [1.807, 2.05) is 6.92 Å². The number of hydrogen-bond donors (Lipinski definition) is 1. The molecule has 0 radical (unpaired) electrons. The summed E-state index contributed by atoms with van der Waals surface area (Å²) in [6.45, 7) is 1.87. The maximum absolute atomic E-state index is 13.3. The Hall–Kier alpha value is -3.27. The average molecular weight is 342 g/mol. The summed E-state index contributed by atoms with van der Waals surface area (Å²) in [7, 11) is 0. The zero-order chi connectivity index (χ0) is 18.2. The minimum atomic E-state index is -4.73. The van der Waals surface area contributed by atoms with Gasteiger partial charge in [0.25, 0.3) is 0 Å². The quantitative estimate of drug-likeness (QED) is 0.705. The number of nitrogens with zero attached hydrogens (tertiary/aromatic N) is 3. The summed E-state index contributed by atoms with van der Waals surface area (Å²) in [6.07, 6.45) is -4.73. The molecule has 0 bridgehead atoms. The van der Waals surface area contributed by atoms with Crippen molar-refractivity contribution in [3.63, 3.8) is 0 Å². The number of anilines is 1. The first kappa shape index (κ1) is 16.6. The number of aromatic nitrogens is 2. The summed E-state index contributed by atoms with van der Waals surface area (Å²) >= 11 is 0. The topological polar surface area (TPSA) is 67.6 Å². The van der Waals surface area contributed by atoms with Gasteiger partial charge in [0.15, 0.2) is 5.69 Å². The first-order valence-electron chi connectivity index (χ1n) is 7.34. The molecule has 0 saturated carbocycles. The van der Waals surface area contributed by atoms with Crippen LogP contribution in [0.1, 0.15) is 16.8 Å². The summed E-state index contributed by atoms with van der Waals surface area (Å²) in [5, 5.41) is 13.0. The molecule has 4 nitrogen and oxygen atoms in total. The fourth-order valence-corrected chi connectivity index (χ4v) is 2.50. The van der Waals surface area contributed by atoms with Gasteiger partial charge in [-0.15, -0.1) is 0 Å². The van der Waals surface area contributed by atoms with E-state index in [9.17, 15) is 18.4 Å². The van der Waals surface area contributed by atoms with Gasteiger partial charge in [-0.25, -0.2) is 4.68 Å². The second-order valence-electron chi connectivity index (χ2n) is 5.55. The van der Waals surface area contributed by atoms with Gasteiger partial charge in [-0.05, 0) is 31.2 Å². The molecule has 0 aliphatic heterocycles. The van der Waals surface area contributed by atoms with E-state index in [4.69, 9.17) is 5.73 Å². The highest BCUT2D eigenvalue weighted by atomic mass is 19.4. The number of benzene rings is 2. The number of nitrogen functional groups attached to an aromatic ring is 1. The maximum atomic E-state index is 13.3. The molecule has 25 heavy (non-hydrogen) atoms. The number of hydrogen-bond acceptors (Lipinski definition) is 3. The number of aryl methyl sites for hydroxylation is 1. The zero-order valence-corrected chi connectivity index (χ0v) is 13.2. The van der Waals surface area contributed by atoms with Crippen LogP contribution in [0.5, 0.6) is 0 Å². The number of nitrogens with two attached hydrogens (primary N) is 1. The number of nitriles is 1. The molecular formula is C18H13F3N4. The van der Waals surface area contributed by atoms with Gasteiger partial charge in [0.1, 0.15) is 11.6 Å². The SMILES string of the molecule is Cc1ccc(-c2c(C#N)c(C(F)(F)F)nn2-c2ccc(N)cc2)cc1. The third-order valence-corrected chi connectivity index (χ3v) is 3.73. The first-order chi connectivity index (χ1) is 11.8. The third kappa shape index (κ3) is 3.06. The van der Waals surface area contributed by atoms with Crippen LogP contribution in [0.15, 0.2) is 48.5 Å². The van der Waals surface area contributed by atoms with Crippen molar-refractivity contribution < 1.29 is 13.2 Å². The third-order valence-electron chi connectivity index (χ3n) is 3.73. The molecule has 2 N–H and O–H groups in total. The van der Waals surface area contributed by atoms with Gasteiger partial charge in [-0.3, -0.25) is 0 Å². The van der Waals surface area contributed by atoms with Crippen LogP contribution >= 0.6 is 0 Å². The van der Waals surface area contributed by atoms with E-state index in [1.54, 1.807) is 54.6 Å². The summed E-state index contributed by atoms with van der Waals surface area (Å²) in [5.74, 6) is 0. The monoisotopic (exact) mass is 342 g/mol. The molecule has 0 amide bonds. The van der Waals surface area contributed by atoms with Crippen LogP contribution in [0.2, 0.25) is 0 Å². The van der Waals surface area contributed by atoms with Crippen LogP contribution in [0.25, 0.3) is 16.9 Å². The molecule has 0 saturated heterocycles. The van der Waals surface area contributed by atoms with E-state index in [2.05, 4.69) is 5.10 Å². The molecule has 0 unspecified atom stereocenters. The van der Waals surface area contributed by atoms with Gasteiger partial charge in [0.2, 0.25) is 0 Å². The Kier molecular flexibility index (Phi) is 3.97. The molecule has 7 heteroatoms. The van der Waals surface area contributed by atoms with E-state index in [-0.39, 0.29) is 5.69 Å². The van der Waals surface area contributed by atoms with Gasteiger partial charge in [-0.1, -0.05) is 29.8 Å². The lowest BCUT2D eigenvalue weighted by Crippen LogP contribution is -2.08. The van der Waals surface area contributed by atoms with E-state index in [0.29, 0.717) is 16.9 Å². The highest BCUT2D eigenvalue weighted by Gasteiger charge is 2.40. The fraction of sp³-hybridized carbons (Fsp3) is 0.111. The lowest BCUT2D eigenvalue weighted by Gasteiger charge is -2.09. The Morgan fingerprint density at radius 2 is 1.64 bits per heavy atom. The lowest BCUT2D eigenvalue weighted by atomic mass is 10.0. The normalized spacial score (nSPS) is 11.3. The van der Waals surface area contributed by atoms with Crippen LogP contribution in [0.3, 0.4) is 0 Å². The zero-order valence-electron chi connectivity index (χ0n) is 13.2. The van der Waals surface area contributed by atoms with Crippen molar-refractivity contribution in [2.24, 2.45) is 0 Å². The Morgan fingerprint density at radius 1 is 1.04 bits per heavy atom. The van der Waals surface area contributed by atoms with Crippen molar-refractivity contribution >= 4 is 5.69 Å². The molecule has 1 aromatic heterocycles. The summed E-state index contributed by atoms with van der Waals surface area (Å²) in [4.78, 5) is 0. The molecule has 0 spiro atoms. The summed E-state index contributed by atoms with van der Waals surface area (Å²) < 4.78 is 41.2. The highest BCUT2D eigenvalue weighted by Crippen LogP contribution is 2.37. The van der Waals surface area contributed by atoms with Crippen molar-refractivity contribution in [3.8, 4) is 23.0 Å². The van der Waals surface area contributed by atoms with Crippen molar-refractivity contribution in [1.29, 1.82) is 5.26 Å². The van der Waals surface area contributed by atoms with Crippen molar-refractivity contribution in [2.45, 2.75) is 13.1 Å². The first-order valence-corrected chi connectivity index (χ1v) is 7.34. The van der Waals surface area contributed by atoms with Crippen LogP contribution in [-0.4, -0.2) is 9.78 Å². The average Bonchev–Trinajstić information content (AvgIpc) is 2.96. The largest absolute Gasteiger partial charge is 0.436 e. The molecule has 3 aromatic rings. The fourth-order valence-electron chi connectivity index (χ4n) is 2.50. The van der Waals surface area contributed by atoms with Gasteiger partial charge < -0.3 is 5.73 Å². The molecule has 1 heterocycles. The van der Waals surface area contributed by atoms with Crippen LogP contribution in [0.4, 0.5) is 18.9 Å². The summed E-state index contributed by atoms with van der Waals surface area (Å²) in [5.41, 5.74) is 6.32. The Balaban J connectivity index is 2.33. The number of rotatable bonds is 2. The second kappa shape index (κ2) is 5.98. The Morgan fingerprint density at radius 3 is 2.16 bits per heavy atom. The molecular weight excluding hydrogens is 329 g/mol.